The molecule has 0 atom stereocenters. The van der Waals surface area contributed by atoms with E-state index < -0.39 is 5.41 Å². The molecule has 0 aliphatic carbocycles. The van der Waals surface area contributed by atoms with Crippen LogP contribution in [0.2, 0.25) is 0 Å². The maximum atomic E-state index is 13.4. The van der Waals surface area contributed by atoms with Crippen molar-refractivity contribution in [1.82, 2.24) is 9.66 Å². The summed E-state index contributed by atoms with van der Waals surface area (Å²) >= 11 is 3.43. The third kappa shape index (κ3) is 4.92. The van der Waals surface area contributed by atoms with Gasteiger partial charge in [-0.1, -0.05) is 67.0 Å². The van der Waals surface area contributed by atoms with Crippen LogP contribution in [0.4, 0.5) is 0 Å². The molecular formula is C27H23BrN4O2. The van der Waals surface area contributed by atoms with Gasteiger partial charge in [-0.05, 0) is 36.4 Å². The van der Waals surface area contributed by atoms with E-state index >= 15 is 0 Å². The van der Waals surface area contributed by atoms with Crippen molar-refractivity contribution in [1.29, 1.82) is 5.26 Å². The quantitative estimate of drug-likeness (QED) is 0.315. The van der Waals surface area contributed by atoms with Crippen LogP contribution in [0.25, 0.3) is 10.9 Å². The summed E-state index contributed by atoms with van der Waals surface area (Å²) in [6.45, 7) is 6.23. The van der Waals surface area contributed by atoms with Crippen molar-refractivity contribution < 1.29 is 4.74 Å². The Morgan fingerprint density at radius 2 is 1.85 bits per heavy atom. The van der Waals surface area contributed by atoms with Crippen molar-refractivity contribution in [2.24, 2.45) is 5.10 Å². The number of rotatable bonds is 5. The molecule has 6 nitrogen and oxygen atoms in total. The number of nitriles is 1. The van der Waals surface area contributed by atoms with Gasteiger partial charge in [0.1, 0.15) is 18.2 Å². The fourth-order valence-corrected chi connectivity index (χ4v) is 3.85. The molecule has 7 heteroatoms. The second kappa shape index (κ2) is 9.62. The van der Waals surface area contributed by atoms with Gasteiger partial charge in [0, 0.05) is 21.0 Å². The van der Waals surface area contributed by atoms with E-state index in [-0.39, 0.29) is 12.2 Å². The van der Waals surface area contributed by atoms with Crippen LogP contribution < -0.4 is 10.3 Å². The molecule has 170 valence electrons. The highest BCUT2D eigenvalue weighted by Crippen LogP contribution is 2.24. The van der Waals surface area contributed by atoms with Gasteiger partial charge in [-0.15, -0.1) is 0 Å². The lowest BCUT2D eigenvalue weighted by atomic mass is 9.95. The Kier molecular flexibility index (Phi) is 6.62. The molecule has 0 saturated heterocycles. The molecule has 1 aromatic heterocycles. The zero-order chi connectivity index (χ0) is 24.3. The smallest absolute Gasteiger partial charge is 0.282 e. The molecule has 34 heavy (non-hydrogen) atoms. The Morgan fingerprint density at radius 3 is 2.62 bits per heavy atom. The van der Waals surface area contributed by atoms with Gasteiger partial charge < -0.3 is 4.74 Å². The van der Waals surface area contributed by atoms with Gasteiger partial charge in [-0.25, -0.2) is 4.98 Å². The predicted octanol–water partition coefficient (Wildman–Crippen LogP) is 5.79. The van der Waals surface area contributed by atoms with Crippen LogP contribution in [0, 0.1) is 11.3 Å². The molecule has 0 N–H and O–H groups in total. The summed E-state index contributed by atoms with van der Waals surface area (Å²) in [6, 6.07) is 22.4. The molecule has 4 rings (SSSR count). The molecule has 0 radical (unpaired) electrons. The van der Waals surface area contributed by atoms with E-state index in [0.29, 0.717) is 33.6 Å². The molecule has 4 aromatic rings. The zero-order valence-electron chi connectivity index (χ0n) is 19.1. The topological polar surface area (TPSA) is 80.3 Å². The summed E-state index contributed by atoms with van der Waals surface area (Å²) in [5, 5.41) is 14.3. The van der Waals surface area contributed by atoms with E-state index in [1.165, 1.54) is 4.68 Å². The Labute approximate surface area is 206 Å². The van der Waals surface area contributed by atoms with Crippen molar-refractivity contribution in [3.05, 3.63) is 104 Å². The summed E-state index contributed by atoms with van der Waals surface area (Å²) < 4.78 is 8.17. The highest BCUT2D eigenvalue weighted by molar-refractivity contribution is 9.10. The Bertz CT molecular complexity index is 1490. The lowest BCUT2D eigenvalue weighted by molar-refractivity contribution is 0.305. The molecule has 0 spiro atoms. The van der Waals surface area contributed by atoms with Gasteiger partial charge >= 0.3 is 0 Å². The summed E-state index contributed by atoms with van der Waals surface area (Å²) in [5.41, 5.74) is 2.06. The summed E-state index contributed by atoms with van der Waals surface area (Å²) in [6.07, 6.45) is 1.60. The first-order valence-corrected chi connectivity index (χ1v) is 11.5. The van der Waals surface area contributed by atoms with Crippen LogP contribution in [0.5, 0.6) is 5.75 Å². The van der Waals surface area contributed by atoms with Crippen molar-refractivity contribution >= 4 is 33.0 Å². The van der Waals surface area contributed by atoms with Crippen molar-refractivity contribution in [3.8, 4) is 11.8 Å². The highest BCUT2D eigenvalue weighted by Gasteiger charge is 2.23. The van der Waals surface area contributed by atoms with Gasteiger partial charge in [-0.2, -0.15) is 15.0 Å². The van der Waals surface area contributed by atoms with E-state index in [9.17, 15) is 10.1 Å². The maximum absolute atomic E-state index is 13.4. The largest absolute Gasteiger partial charge is 0.488 e. The minimum Gasteiger partial charge on any atom is -0.488 e. The Hall–Kier alpha value is -3.76. The number of halogens is 1. The maximum Gasteiger partial charge on any atom is 0.282 e. The average Bonchev–Trinajstić information content (AvgIpc) is 2.82. The van der Waals surface area contributed by atoms with Crippen molar-refractivity contribution in [2.45, 2.75) is 32.8 Å². The average molecular weight is 515 g/mol. The second-order valence-electron chi connectivity index (χ2n) is 8.80. The SMILES string of the molecule is CC(C)(C)c1nc2ccc(Br)cc2c(=O)n1N=Cc1ccccc1OCc1ccccc1C#N. The minimum absolute atomic E-state index is 0.242. The van der Waals surface area contributed by atoms with Gasteiger partial charge in [0.25, 0.3) is 5.56 Å². The van der Waals surface area contributed by atoms with Gasteiger partial charge in [0.05, 0.1) is 28.8 Å². The lowest BCUT2D eigenvalue weighted by Gasteiger charge is -2.21. The molecule has 0 saturated carbocycles. The Balaban J connectivity index is 1.73. The molecule has 0 unspecified atom stereocenters. The molecule has 0 aliphatic heterocycles. The van der Waals surface area contributed by atoms with E-state index in [1.54, 1.807) is 18.3 Å². The number of para-hydroxylation sites is 1. The minimum atomic E-state index is -0.408. The molecule has 3 aromatic carbocycles. The fraction of sp³-hybridized carbons (Fsp3) is 0.185. The predicted molar refractivity (Wildman–Crippen MR) is 137 cm³/mol. The van der Waals surface area contributed by atoms with Crippen LogP contribution >= 0.6 is 15.9 Å². The Morgan fingerprint density at radius 1 is 1.12 bits per heavy atom. The molecule has 0 bridgehead atoms. The number of fused-ring (bicyclic) bond motifs is 1. The molecule has 0 amide bonds. The summed E-state index contributed by atoms with van der Waals surface area (Å²) in [5.74, 6) is 1.16. The van der Waals surface area contributed by atoms with Gasteiger partial charge in [0.15, 0.2) is 0 Å². The van der Waals surface area contributed by atoms with Crippen molar-refractivity contribution in [3.63, 3.8) is 0 Å². The van der Waals surface area contributed by atoms with E-state index in [0.717, 1.165) is 10.0 Å². The number of hydrogen-bond donors (Lipinski definition) is 0. The third-order valence-corrected chi connectivity index (χ3v) is 5.72. The van der Waals surface area contributed by atoms with E-state index in [2.05, 4.69) is 27.1 Å². The second-order valence-corrected chi connectivity index (χ2v) is 9.72. The molecular weight excluding hydrogens is 492 g/mol. The van der Waals surface area contributed by atoms with Crippen LogP contribution in [0.15, 0.2) is 81.1 Å². The van der Waals surface area contributed by atoms with Crippen LogP contribution in [-0.4, -0.2) is 15.9 Å². The van der Waals surface area contributed by atoms with Crippen LogP contribution in [-0.2, 0) is 12.0 Å². The number of ether oxygens (including phenoxy) is 1. The standard InChI is InChI=1S/C27H23BrN4O2/c1-27(2,3)26-31-23-13-12-21(28)14-22(23)25(33)32(26)30-16-19-9-6-7-11-24(19)34-17-20-10-5-4-8-18(20)15-29/h4-14,16H,17H2,1-3H3. The third-order valence-electron chi connectivity index (χ3n) is 5.23. The van der Waals surface area contributed by atoms with Crippen LogP contribution in [0.1, 0.15) is 43.3 Å². The van der Waals surface area contributed by atoms with Crippen molar-refractivity contribution in [2.75, 3.05) is 0 Å². The number of aromatic nitrogens is 2. The number of nitrogens with zero attached hydrogens (tertiary/aromatic N) is 4. The van der Waals surface area contributed by atoms with Gasteiger partial charge in [-0.3, -0.25) is 4.79 Å². The summed E-state index contributed by atoms with van der Waals surface area (Å²) in [7, 11) is 0. The molecule has 0 aliphatic rings. The van der Waals surface area contributed by atoms with E-state index in [1.807, 2.05) is 75.4 Å². The first-order valence-electron chi connectivity index (χ1n) is 10.7. The number of benzene rings is 3. The first-order chi connectivity index (χ1) is 16.3. The fourth-order valence-electron chi connectivity index (χ4n) is 3.49. The zero-order valence-corrected chi connectivity index (χ0v) is 20.7. The monoisotopic (exact) mass is 514 g/mol. The normalized spacial score (nSPS) is 11.6. The summed E-state index contributed by atoms with van der Waals surface area (Å²) in [4.78, 5) is 18.1. The highest BCUT2D eigenvalue weighted by atomic mass is 79.9. The number of hydrogen-bond acceptors (Lipinski definition) is 5. The lowest BCUT2D eigenvalue weighted by Crippen LogP contribution is -2.29. The van der Waals surface area contributed by atoms with Gasteiger partial charge in [0.2, 0.25) is 0 Å². The van der Waals surface area contributed by atoms with E-state index in [4.69, 9.17) is 9.72 Å². The molecule has 1 heterocycles. The first kappa shape index (κ1) is 23.4. The molecule has 0 fully saturated rings. The van der Waals surface area contributed by atoms with Crippen LogP contribution in [0.3, 0.4) is 0 Å².